The number of hydrogen-bond acceptors (Lipinski definition) is 6. The number of Topliss-reactive ketones (excluding diaryl/α,β-unsaturated/α-hetero) is 1. The second-order valence-corrected chi connectivity index (χ2v) is 8.25. The van der Waals surface area contributed by atoms with Gasteiger partial charge in [0.2, 0.25) is 0 Å². The van der Waals surface area contributed by atoms with Gasteiger partial charge in [-0.2, -0.15) is 0 Å². The van der Waals surface area contributed by atoms with Crippen molar-refractivity contribution in [3.63, 3.8) is 0 Å². The molecule has 0 atom stereocenters. The number of ketones is 1. The molecule has 6 nitrogen and oxygen atoms in total. The van der Waals surface area contributed by atoms with Gasteiger partial charge in [0.05, 0.1) is 19.3 Å². The van der Waals surface area contributed by atoms with Crippen LogP contribution < -0.4 is 14.4 Å². The van der Waals surface area contributed by atoms with Crippen molar-refractivity contribution in [1.82, 2.24) is 0 Å². The second-order valence-electron chi connectivity index (χ2n) is 6.27. The molecule has 0 saturated carbocycles. The van der Waals surface area contributed by atoms with Crippen molar-refractivity contribution < 1.29 is 22.7 Å². The monoisotopic (exact) mass is 375 g/mol. The maximum atomic E-state index is 12.0. The fourth-order valence-corrected chi connectivity index (χ4v) is 3.87. The van der Waals surface area contributed by atoms with Crippen molar-refractivity contribution in [2.45, 2.75) is 18.4 Å². The average Bonchev–Trinajstić information content (AvgIpc) is 2.60. The Balaban J connectivity index is 1.96. The van der Waals surface area contributed by atoms with E-state index in [1.54, 1.807) is 24.3 Å². The molecular formula is C19H21NO5S. The predicted molar refractivity (Wildman–Crippen MR) is 99.1 cm³/mol. The maximum absolute atomic E-state index is 12.0. The lowest BCUT2D eigenvalue weighted by Gasteiger charge is -2.31. The highest BCUT2D eigenvalue weighted by atomic mass is 32.2. The first-order chi connectivity index (χ1) is 12.3. The molecule has 2 aromatic carbocycles. The van der Waals surface area contributed by atoms with Gasteiger partial charge in [-0.05, 0) is 42.8 Å². The van der Waals surface area contributed by atoms with E-state index in [9.17, 15) is 13.2 Å². The molecule has 0 aromatic heterocycles. The Morgan fingerprint density at radius 1 is 1.23 bits per heavy atom. The number of sulfone groups is 1. The zero-order valence-corrected chi connectivity index (χ0v) is 15.8. The summed E-state index contributed by atoms with van der Waals surface area (Å²) in [6, 6.07) is 10.5. The molecule has 0 N–H and O–H groups in total. The molecule has 0 bridgehead atoms. The molecule has 0 radical (unpaired) electrons. The smallest absolute Gasteiger partial charge is 0.179 e. The number of benzene rings is 2. The zero-order chi connectivity index (χ0) is 18.9. The summed E-state index contributed by atoms with van der Waals surface area (Å²) in [6.45, 7) is 3.21. The Kier molecular flexibility index (Phi) is 4.91. The van der Waals surface area contributed by atoms with Gasteiger partial charge < -0.3 is 14.4 Å². The number of nitrogens with zero attached hydrogens (tertiary/aromatic N) is 1. The first-order valence-corrected chi connectivity index (χ1v) is 10.1. The van der Waals surface area contributed by atoms with Crippen LogP contribution in [0.25, 0.3) is 0 Å². The van der Waals surface area contributed by atoms with E-state index in [1.807, 2.05) is 12.1 Å². The highest BCUT2D eigenvalue weighted by Gasteiger charge is 2.21. The van der Waals surface area contributed by atoms with Gasteiger partial charge >= 0.3 is 0 Å². The lowest BCUT2D eigenvalue weighted by atomic mass is 10.1. The van der Waals surface area contributed by atoms with Gasteiger partial charge in [0.15, 0.2) is 15.6 Å². The summed E-state index contributed by atoms with van der Waals surface area (Å²) in [7, 11) is -1.95. The number of carbonyl (C=O) groups excluding carboxylic acids is 1. The first-order valence-electron chi connectivity index (χ1n) is 8.19. The van der Waals surface area contributed by atoms with Crippen molar-refractivity contribution in [2.75, 3.05) is 31.4 Å². The summed E-state index contributed by atoms with van der Waals surface area (Å²) in [4.78, 5) is 13.9. The molecule has 2 aromatic rings. The van der Waals surface area contributed by atoms with Crippen molar-refractivity contribution in [3.8, 4) is 11.5 Å². The van der Waals surface area contributed by atoms with Crippen LogP contribution >= 0.6 is 0 Å². The summed E-state index contributed by atoms with van der Waals surface area (Å²) < 4.78 is 34.9. The molecule has 138 valence electrons. The molecule has 0 aliphatic carbocycles. The van der Waals surface area contributed by atoms with E-state index in [2.05, 4.69) is 4.90 Å². The largest absolute Gasteiger partial charge is 0.495 e. The highest BCUT2D eigenvalue weighted by Crippen LogP contribution is 2.34. The molecule has 0 spiro atoms. The molecular weight excluding hydrogens is 354 g/mol. The summed E-state index contributed by atoms with van der Waals surface area (Å²) in [5.41, 5.74) is 2.29. The predicted octanol–water partition coefficient (Wildman–Crippen LogP) is 2.70. The Labute approximate surface area is 153 Å². The van der Waals surface area contributed by atoms with Crippen LogP contribution in [0.5, 0.6) is 11.5 Å². The number of carbonyl (C=O) groups is 1. The molecule has 1 heterocycles. The van der Waals surface area contributed by atoms with Crippen LogP contribution in [-0.4, -0.2) is 40.7 Å². The minimum atomic E-state index is -3.40. The summed E-state index contributed by atoms with van der Waals surface area (Å²) in [5.74, 6) is 1.04. The highest BCUT2D eigenvalue weighted by molar-refractivity contribution is 7.90. The van der Waals surface area contributed by atoms with Gasteiger partial charge in [0, 0.05) is 18.4 Å². The lowest BCUT2D eigenvalue weighted by Crippen LogP contribution is -2.32. The van der Waals surface area contributed by atoms with Gasteiger partial charge in [0.1, 0.15) is 23.0 Å². The van der Waals surface area contributed by atoms with E-state index < -0.39 is 9.84 Å². The average molecular weight is 375 g/mol. The fraction of sp³-hybridized carbons (Fsp3) is 0.316. The Bertz CT molecular complexity index is 952. The topological polar surface area (TPSA) is 72.9 Å². The zero-order valence-electron chi connectivity index (χ0n) is 15.0. The minimum absolute atomic E-state index is 0.0119. The third-order valence-corrected chi connectivity index (χ3v) is 5.44. The second kappa shape index (κ2) is 6.99. The van der Waals surface area contributed by atoms with Gasteiger partial charge in [-0.3, -0.25) is 4.79 Å². The van der Waals surface area contributed by atoms with Crippen LogP contribution in [0.4, 0.5) is 5.69 Å². The Hall–Kier alpha value is -2.54. The third kappa shape index (κ3) is 3.67. The van der Waals surface area contributed by atoms with Crippen molar-refractivity contribution >= 4 is 21.3 Å². The maximum Gasteiger partial charge on any atom is 0.179 e. The SMILES string of the molecule is COc1ccc(CN2CCOc3ccc(C(C)=O)cc32)cc1S(C)(=O)=O. The molecule has 0 unspecified atom stereocenters. The number of methoxy groups -OCH3 is 1. The van der Waals surface area contributed by atoms with E-state index in [1.165, 1.54) is 14.0 Å². The quantitative estimate of drug-likeness (QED) is 0.748. The van der Waals surface area contributed by atoms with E-state index >= 15 is 0 Å². The van der Waals surface area contributed by atoms with Crippen LogP contribution in [0.2, 0.25) is 0 Å². The van der Waals surface area contributed by atoms with E-state index in [0.717, 1.165) is 23.3 Å². The van der Waals surface area contributed by atoms with Crippen LogP contribution in [0.3, 0.4) is 0 Å². The minimum Gasteiger partial charge on any atom is -0.495 e. The van der Waals surface area contributed by atoms with E-state index in [-0.39, 0.29) is 10.7 Å². The molecule has 0 saturated heterocycles. The molecule has 3 rings (SSSR count). The van der Waals surface area contributed by atoms with Crippen LogP contribution in [0, 0.1) is 0 Å². The van der Waals surface area contributed by atoms with Crippen molar-refractivity contribution in [2.24, 2.45) is 0 Å². The number of anilines is 1. The first kappa shape index (κ1) is 18.3. The lowest BCUT2D eigenvalue weighted by molar-refractivity contribution is 0.101. The summed E-state index contributed by atoms with van der Waals surface area (Å²) in [6.07, 6.45) is 1.16. The molecule has 0 amide bonds. The van der Waals surface area contributed by atoms with Crippen LogP contribution in [-0.2, 0) is 16.4 Å². The number of fused-ring (bicyclic) bond motifs is 1. The van der Waals surface area contributed by atoms with E-state index in [4.69, 9.17) is 9.47 Å². The number of rotatable bonds is 5. The standard InChI is InChI=1S/C19H21NO5S/c1-13(21)15-5-7-17-16(11-15)20(8-9-25-17)12-14-4-6-18(24-2)19(10-14)26(3,22)23/h4-7,10-11H,8-9,12H2,1-3H3. The van der Waals surface area contributed by atoms with Crippen molar-refractivity contribution in [1.29, 1.82) is 0 Å². The van der Waals surface area contributed by atoms with Gasteiger partial charge in [-0.1, -0.05) is 6.07 Å². The number of hydrogen-bond donors (Lipinski definition) is 0. The fourth-order valence-electron chi connectivity index (χ4n) is 2.99. The third-order valence-electron chi connectivity index (χ3n) is 4.33. The molecule has 26 heavy (non-hydrogen) atoms. The molecule has 1 aliphatic rings. The summed E-state index contributed by atoms with van der Waals surface area (Å²) >= 11 is 0. The van der Waals surface area contributed by atoms with Crippen LogP contribution in [0.15, 0.2) is 41.3 Å². The van der Waals surface area contributed by atoms with Gasteiger partial charge in [-0.15, -0.1) is 0 Å². The van der Waals surface area contributed by atoms with Gasteiger partial charge in [-0.25, -0.2) is 8.42 Å². The Morgan fingerprint density at radius 3 is 2.65 bits per heavy atom. The van der Waals surface area contributed by atoms with E-state index in [0.29, 0.717) is 31.0 Å². The molecule has 0 fully saturated rings. The molecule has 1 aliphatic heterocycles. The van der Waals surface area contributed by atoms with Crippen LogP contribution in [0.1, 0.15) is 22.8 Å². The number of ether oxygens (including phenoxy) is 2. The Morgan fingerprint density at radius 2 is 2.00 bits per heavy atom. The molecule has 7 heteroatoms. The normalized spacial score (nSPS) is 13.7. The summed E-state index contributed by atoms with van der Waals surface area (Å²) in [5, 5.41) is 0. The van der Waals surface area contributed by atoms with Crippen molar-refractivity contribution in [3.05, 3.63) is 47.5 Å². The van der Waals surface area contributed by atoms with Gasteiger partial charge in [0.25, 0.3) is 0 Å².